The summed E-state index contributed by atoms with van der Waals surface area (Å²) in [5.74, 6) is 0.359. The molecule has 0 spiro atoms. The quantitative estimate of drug-likeness (QED) is 0.931. The van der Waals surface area contributed by atoms with Crippen LogP contribution in [0.3, 0.4) is 0 Å². The van der Waals surface area contributed by atoms with Crippen LogP contribution in [0, 0.1) is 6.92 Å². The molecule has 2 atom stereocenters. The minimum atomic E-state index is 0.236. The summed E-state index contributed by atoms with van der Waals surface area (Å²) in [6.45, 7) is 7.04. The lowest BCUT2D eigenvalue weighted by Crippen LogP contribution is -2.41. The van der Waals surface area contributed by atoms with Crippen LogP contribution >= 0.6 is 0 Å². The zero-order chi connectivity index (χ0) is 14.1. The number of aryl methyl sites for hydroxylation is 1. The number of nitrogens with zero attached hydrogens (tertiary/aromatic N) is 1. The molecular formula is C16H22N2O2. The Morgan fingerprint density at radius 1 is 1.45 bits per heavy atom. The number of benzene rings is 1. The molecule has 1 fully saturated rings. The van der Waals surface area contributed by atoms with Crippen molar-refractivity contribution in [3.05, 3.63) is 35.5 Å². The number of hydrogen-bond donors (Lipinski definition) is 1. The predicted molar refractivity (Wildman–Crippen MR) is 80.2 cm³/mol. The van der Waals surface area contributed by atoms with Crippen LogP contribution in [0.2, 0.25) is 0 Å². The van der Waals surface area contributed by atoms with Gasteiger partial charge in [-0.3, -0.25) is 0 Å². The van der Waals surface area contributed by atoms with Crippen LogP contribution in [0.1, 0.15) is 24.0 Å². The molecule has 2 aromatic rings. The van der Waals surface area contributed by atoms with Crippen molar-refractivity contribution in [3.8, 4) is 0 Å². The smallest absolute Gasteiger partial charge is 0.104 e. The van der Waals surface area contributed by atoms with Gasteiger partial charge in [0.1, 0.15) is 7.11 Å². The van der Waals surface area contributed by atoms with Crippen LogP contribution in [0.4, 0.5) is 0 Å². The molecule has 0 amide bonds. The van der Waals surface area contributed by atoms with Crippen LogP contribution in [0.25, 0.3) is 10.9 Å². The van der Waals surface area contributed by atoms with Gasteiger partial charge in [-0.2, -0.15) is 4.73 Å². The summed E-state index contributed by atoms with van der Waals surface area (Å²) >= 11 is 0. The van der Waals surface area contributed by atoms with Crippen LogP contribution in [0.5, 0.6) is 0 Å². The molecule has 0 aliphatic carbocycles. The molecular weight excluding hydrogens is 252 g/mol. The van der Waals surface area contributed by atoms with Gasteiger partial charge in [-0.25, -0.2) is 0 Å². The van der Waals surface area contributed by atoms with Crippen molar-refractivity contribution >= 4 is 10.9 Å². The van der Waals surface area contributed by atoms with Crippen molar-refractivity contribution in [2.45, 2.75) is 25.9 Å². The monoisotopic (exact) mass is 274 g/mol. The highest BCUT2D eigenvalue weighted by Crippen LogP contribution is 2.32. The fourth-order valence-electron chi connectivity index (χ4n) is 3.12. The number of ether oxygens (including phenoxy) is 1. The van der Waals surface area contributed by atoms with Gasteiger partial charge in [-0.15, -0.1) is 0 Å². The number of morpholine rings is 1. The average molecular weight is 274 g/mol. The number of fused-ring (bicyclic) bond motifs is 1. The topological polar surface area (TPSA) is 35.4 Å². The van der Waals surface area contributed by atoms with Gasteiger partial charge in [0.25, 0.3) is 0 Å². The van der Waals surface area contributed by atoms with Crippen LogP contribution < -0.4 is 10.2 Å². The predicted octanol–water partition coefficient (Wildman–Crippen LogP) is 2.10. The van der Waals surface area contributed by atoms with Gasteiger partial charge in [-0.1, -0.05) is 19.1 Å². The molecule has 4 heteroatoms. The summed E-state index contributed by atoms with van der Waals surface area (Å²) in [6, 6.07) is 6.40. The molecule has 0 saturated carbocycles. The van der Waals surface area contributed by atoms with E-state index in [9.17, 15) is 0 Å². The summed E-state index contributed by atoms with van der Waals surface area (Å²) in [6.07, 6.45) is 2.28. The van der Waals surface area contributed by atoms with Crippen LogP contribution in [-0.4, -0.2) is 37.6 Å². The van der Waals surface area contributed by atoms with E-state index in [2.05, 4.69) is 37.4 Å². The molecule has 3 rings (SSSR count). The van der Waals surface area contributed by atoms with E-state index >= 15 is 0 Å². The first-order valence-electron chi connectivity index (χ1n) is 7.19. The Hall–Kier alpha value is -1.52. The molecule has 4 nitrogen and oxygen atoms in total. The van der Waals surface area contributed by atoms with Gasteiger partial charge in [0.15, 0.2) is 0 Å². The molecule has 1 aliphatic heterocycles. The van der Waals surface area contributed by atoms with Crippen molar-refractivity contribution in [2.75, 3.05) is 26.8 Å². The van der Waals surface area contributed by atoms with E-state index in [1.165, 1.54) is 16.5 Å². The third kappa shape index (κ3) is 2.19. The van der Waals surface area contributed by atoms with Gasteiger partial charge >= 0.3 is 0 Å². The Bertz CT molecular complexity index is 600. The first-order chi connectivity index (χ1) is 9.72. The second kappa shape index (κ2) is 5.46. The largest absolute Gasteiger partial charge is 0.417 e. The molecule has 108 valence electrons. The second-order valence-electron chi connectivity index (χ2n) is 5.46. The maximum Gasteiger partial charge on any atom is 0.104 e. The third-order valence-corrected chi connectivity index (χ3v) is 4.22. The van der Waals surface area contributed by atoms with Gasteiger partial charge < -0.3 is 14.9 Å². The van der Waals surface area contributed by atoms with E-state index < -0.39 is 0 Å². The van der Waals surface area contributed by atoms with Gasteiger partial charge in [0.05, 0.1) is 18.2 Å². The van der Waals surface area contributed by atoms with E-state index in [-0.39, 0.29) is 6.10 Å². The summed E-state index contributed by atoms with van der Waals surface area (Å²) in [7, 11) is 1.70. The average Bonchev–Trinajstić information content (AvgIpc) is 2.84. The van der Waals surface area contributed by atoms with Gasteiger partial charge in [-0.05, 0) is 24.1 Å². The van der Waals surface area contributed by atoms with E-state index in [4.69, 9.17) is 9.57 Å². The molecule has 20 heavy (non-hydrogen) atoms. The van der Waals surface area contributed by atoms with E-state index in [0.29, 0.717) is 5.92 Å². The third-order valence-electron chi connectivity index (χ3n) is 4.22. The molecule has 0 bridgehead atoms. The summed E-state index contributed by atoms with van der Waals surface area (Å²) in [5.41, 5.74) is 3.70. The minimum Gasteiger partial charge on any atom is -0.417 e. The molecule has 1 aliphatic rings. The summed E-state index contributed by atoms with van der Waals surface area (Å²) in [4.78, 5) is 5.40. The van der Waals surface area contributed by atoms with Crippen LogP contribution in [-0.2, 0) is 4.74 Å². The van der Waals surface area contributed by atoms with Gasteiger partial charge in [0.2, 0.25) is 0 Å². The lowest BCUT2D eigenvalue weighted by atomic mass is 9.91. The normalized spacial score (nSPS) is 21.1. The van der Waals surface area contributed by atoms with Crippen molar-refractivity contribution in [2.24, 2.45) is 0 Å². The molecule has 2 heterocycles. The fourth-order valence-corrected chi connectivity index (χ4v) is 3.12. The molecule has 1 saturated heterocycles. The number of nitrogens with one attached hydrogen (secondary N) is 1. The van der Waals surface area contributed by atoms with E-state index in [1.807, 2.05) is 10.9 Å². The second-order valence-corrected chi connectivity index (χ2v) is 5.46. The Morgan fingerprint density at radius 2 is 2.30 bits per heavy atom. The van der Waals surface area contributed by atoms with Crippen molar-refractivity contribution in [3.63, 3.8) is 0 Å². The maximum atomic E-state index is 5.92. The first-order valence-corrected chi connectivity index (χ1v) is 7.19. The number of rotatable bonds is 3. The van der Waals surface area contributed by atoms with Crippen LogP contribution in [0.15, 0.2) is 24.4 Å². The SMILES string of the molecule is COn1cc(C)c2c(C(C)C3CNCCO3)cccc21. The number of hydrogen-bond acceptors (Lipinski definition) is 3. The molecule has 0 radical (unpaired) electrons. The maximum absolute atomic E-state index is 5.92. The lowest BCUT2D eigenvalue weighted by molar-refractivity contribution is 0.0149. The van der Waals surface area contributed by atoms with Crippen molar-refractivity contribution in [1.29, 1.82) is 0 Å². The zero-order valence-electron chi connectivity index (χ0n) is 12.3. The molecule has 1 aromatic heterocycles. The minimum absolute atomic E-state index is 0.236. The lowest BCUT2D eigenvalue weighted by Gasteiger charge is -2.29. The number of aromatic nitrogens is 1. The summed E-state index contributed by atoms with van der Waals surface area (Å²) in [5, 5.41) is 4.70. The van der Waals surface area contributed by atoms with E-state index in [1.54, 1.807) is 7.11 Å². The van der Waals surface area contributed by atoms with Gasteiger partial charge in [0, 0.05) is 30.6 Å². The highest BCUT2D eigenvalue weighted by molar-refractivity contribution is 5.87. The molecule has 1 N–H and O–H groups in total. The zero-order valence-corrected chi connectivity index (χ0v) is 12.3. The highest BCUT2D eigenvalue weighted by atomic mass is 16.6. The first kappa shape index (κ1) is 13.5. The Balaban J connectivity index is 2.04. The molecule has 2 unspecified atom stereocenters. The molecule has 1 aromatic carbocycles. The Kier molecular flexibility index (Phi) is 3.68. The standard InChI is InChI=1S/C16H22N2O2/c1-11-10-18(19-3)14-6-4-5-13(16(11)14)12(2)15-9-17-7-8-20-15/h4-6,10,12,15,17H,7-9H2,1-3H3. The highest BCUT2D eigenvalue weighted by Gasteiger charge is 2.24. The van der Waals surface area contributed by atoms with Crippen molar-refractivity contribution < 1.29 is 9.57 Å². The van der Waals surface area contributed by atoms with E-state index in [0.717, 1.165) is 25.2 Å². The Morgan fingerprint density at radius 3 is 3.00 bits per heavy atom. The van der Waals surface area contributed by atoms with Crippen molar-refractivity contribution in [1.82, 2.24) is 10.0 Å². The fraction of sp³-hybridized carbons (Fsp3) is 0.500. The Labute approximate surface area is 119 Å². The summed E-state index contributed by atoms with van der Waals surface area (Å²) < 4.78 is 7.75.